The third-order valence-corrected chi connectivity index (χ3v) is 4.38. The molecule has 0 spiro atoms. The molecule has 0 atom stereocenters. The summed E-state index contributed by atoms with van der Waals surface area (Å²) in [6, 6.07) is 5.34. The van der Waals surface area contributed by atoms with E-state index in [1.54, 1.807) is 6.07 Å². The van der Waals surface area contributed by atoms with Crippen molar-refractivity contribution in [3.05, 3.63) is 37.5 Å². The second-order valence-electron chi connectivity index (χ2n) is 5.72. The number of hydrogen-bond donors (Lipinski definition) is 1. The van der Waals surface area contributed by atoms with Crippen LogP contribution in [-0.4, -0.2) is 17.0 Å². The third-order valence-electron chi connectivity index (χ3n) is 2.92. The molecule has 112 valence electrons. The van der Waals surface area contributed by atoms with Gasteiger partial charge in [0, 0.05) is 28.1 Å². The lowest BCUT2D eigenvalue weighted by atomic mass is 9.91. The van der Waals surface area contributed by atoms with Gasteiger partial charge in [-0.2, -0.15) is 0 Å². The Hall–Kier alpha value is -0.590. The number of anilines is 1. The number of nitrogens with zero attached hydrogens (tertiary/aromatic N) is 2. The van der Waals surface area contributed by atoms with E-state index in [9.17, 15) is 0 Å². The number of nitrogens with one attached hydrogen (secondary N) is 1. The van der Waals surface area contributed by atoms with Gasteiger partial charge in [-0.25, -0.2) is 9.97 Å². The minimum atomic E-state index is -0.0812. The van der Waals surface area contributed by atoms with Crippen molar-refractivity contribution < 1.29 is 0 Å². The topological polar surface area (TPSA) is 37.8 Å². The first kappa shape index (κ1) is 16.8. The van der Waals surface area contributed by atoms with E-state index in [1.807, 2.05) is 19.2 Å². The highest BCUT2D eigenvalue weighted by Gasteiger charge is 2.23. The van der Waals surface area contributed by atoms with Crippen molar-refractivity contribution in [1.82, 2.24) is 9.97 Å². The van der Waals surface area contributed by atoms with Crippen LogP contribution in [0, 0.1) is 3.57 Å². The van der Waals surface area contributed by atoms with Gasteiger partial charge in [-0.05, 0) is 40.8 Å². The summed E-state index contributed by atoms with van der Waals surface area (Å²) in [5.74, 6) is 1.43. The normalized spacial score (nSPS) is 11.6. The van der Waals surface area contributed by atoms with Gasteiger partial charge in [0.05, 0.1) is 9.26 Å². The molecule has 1 aromatic heterocycles. The predicted octanol–water partition coefficient (Wildman–Crippen LogP) is 5.39. The average molecular weight is 436 g/mol. The molecule has 0 aliphatic carbocycles. The molecule has 0 bridgehead atoms. The molecule has 1 heterocycles. The van der Waals surface area contributed by atoms with Crippen LogP contribution in [0.5, 0.6) is 0 Å². The van der Waals surface area contributed by atoms with Gasteiger partial charge in [-0.3, -0.25) is 0 Å². The molecule has 1 aromatic carbocycles. The molecule has 0 aliphatic heterocycles. The van der Waals surface area contributed by atoms with Crippen LogP contribution in [0.3, 0.4) is 0 Å². The molecule has 2 rings (SSSR count). The van der Waals surface area contributed by atoms with Crippen LogP contribution in [-0.2, 0) is 5.41 Å². The zero-order valence-electron chi connectivity index (χ0n) is 12.3. The van der Waals surface area contributed by atoms with E-state index in [1.165, 1.54) is 0 Å². The number of benzene rings is 1. The van der Waals surface area contributed by atoms with Gasteiger partial charge in [0.1, 0.15) is 5.82 Å². The number of hydrogen-bond acceptors (Lipinski definition) is 3. The summed E-state index contributed by atoms with van der Waals surface area (Å²) in [6.45, 7) is 6.39. The highest BCUT2D eigenvalue weighted by Crippen LogP contribution is 2.32. The fourth-order valence-corrected chi connectivity index (χ4v) is 3.77. The maximum absolute atomic E-state index is 6.08. The van der Waals surface area contributed by atoms with Crippen LogP contribution < -0.4 is 5.32 Å². The summed E-state index contributed by atoms with van der Waals surface area (Å²) in [5, 5.41) is 4.27. The first-order chi connectivity index (χ1) is 9.72. The van der Waals surface area contributed by atoms with E-state index in [0.29, 0.717) is 15.9 Å². The molecule has 0 aliphatic rings. The third kappa shape index (κ3) is 3.79. The Morgan fingerprint density at radius 3 is 2.10 bits per heavy atom. The van der Waals surface area contributed by atoms with Crippen molar-refractivity contribution in [2.45, 2.75) is 26.2 Å². The Morgan fingerprint density at radius 2 is 1.62 bits per heavy atom. The number of aromatic nitrogens is 2. The van der Waals surface area contributed by atoms with E-state index >= 15 is 0 Å². The molecule has 0 unspecified atom stereocenters. The predicted molar refractivity (Wildman–Crippen MR) is 98.5 cm³/mol. The van der Waals surface area contributed by atoms with Crippen molar-refractivity contribution in [3.8, 4) is 11.4 Å². The Bertz CT molecular complexity index is 661. The fraction of sp³-hybridized carbons (Fsp3) is 0.333. The van der Waals surface area contributed by atoms with Crippen LogP contribution in [0.25, 0.3) is 11.4 Å². The summed E-state index contributed by atoms with van der Waals surface area (Å²) in [5.41, 5.74) is 1.72. The Morgan fingerprint density at radius 1 is 1.05 bits per heavy atom. The zero-order chi connectivity index (χ0) is 15.8. The quantitative estimate of drug-likeness (QED) is 0.642. The summed E-state index contributed by atoms with van der Waals surface area (Å²) < 4.78 is 1.03. The molecular weight excluding hydrogens is 420 g/mol. The van der Waals surface area contributed by atoms with Crippen LogP contribution in [0.15, 0.2) is 18.2 Å². The second kappa shape index (κ2) is 6.26. The summed E-state index contributed by atoms with van der Waals surface area (Å²) >= 11 is 14.4. The maximum Gasteiger partial charge on any atom is 0.161 e. The second-order valence-corrected chi connectivity index (χ2v) is 7.67. The Kier molecular flexibility index (Phi) is 5.00. The van der Waals surface area contributed by atoms with E-state index < -0.39 is 0 Å². The van der Waals surface area contributed by atoms with Crippen molar-refractivity contribution in [2.24, 2.45) is 0 Å². The molecule has 0 radical (unpaired) electrons. The fourth-order valence-electron chi connectivity index (χ4n) is 1.92. The summed E-state index contributed by atoms with van der Waals surface area (Å²) in [6.07, 6.45) is 0. The standard InChI is InChI=1S/C15H16Cl2IN3/c1-15(2,3)12-11(18)14(19-4)21-13(20-12)8-5-9(16)7-10(17)6-8/h5-7H,1-4H3,(H,19,20,21). The molecular formula is C15H16Cl2IN3. The highest BCUT2D eigenvalue weighted by molar-refractivity contribution is 14.1. The molecule has 0 fully saturated rings. The van der Waals surface area contributed by atoms with Gasteiger partial charge >= 0.3 is 0 Å². The van der Waals surface area contributed by atoms with E-state index in [-0.39, 0.29) is 5.41 Å². The Labute approximate surface area is 148 Å². The van der Waals surface area contributed by atoms with Crippen molar-refractivity contribution in [3.63, 3.8) is 0 Å². The van der Waals surface area contributed by atoms with Gasteiger partial charge in [0.15, 0.2) is 5.82 Å². The van der Waals surface area contributed by atoms with Gasteiger partial charge in [0.2, 0.25) is 0 Å². The lowest BCUT2D eigenvalue weighted by Gasteiger charge is -2.21. The molecule has 1 N–H and O–H groups in total. The van der Waals surface area contributed by atoms with E-state index in [4.69, 9.17) is 28.2 Å². The van der Waals surface area contributed by atoms with Crippen LogP contribution in [0.4, 0.5) is 5.82 Å². The van der Waals surface area contributed by atoms with E-state index in [2.05, 4.69) is 53.7 Å². The lowest BCUT2D eigenvalue weighted by Crippen LogP contribution is -2.18. The average Bonchev–Trinajstić information content (AvgIpc) is 2.36. The molecule has 0 saturated heterocycles. The zero-order valence-corrected chi connectivity index (χ0v) is 15.9. The SMILES string of the molecule is CNc1nc(-c2cc(Cl)cc(Cl)c2)nc(C(C)(C)C)c1I. The molecule has 2 aromatic rings. The molecule has 21 heavy (non-hydrogen) atoms. The number of halogens is 3. The lowest BCUT2D eigenvalue weighted by molar-refractivity contribution is 0.564. The Balaban J connectivity index is 2.69. The highest BCUT2D eigenvalue weighted by atomic mass is 127. The molecule has 0 saturated carbocycles. The smallest absolute Gasteiger partial charge is 0.161 e. The first-order valence-corrected chi connectivity index (χ1v) is 8.28. The minimum Gasteiger partial charge on any atom is -0.372 e. The van der Waals surface area contributed by atoms with Crippen molar-refractivity contribution in [1.29, 1.82) is 0 Å². The largest absolute Gasteiger partial charge is 0.372 e. The van der Waals surface area contributed by atoms with Crippen LogP contribution in [0.1, 0.15) is 26.5 Å². The maximum atomic E-state index is 6.08. The summed E-state index contributed by atoms with van der Waals surface area (Å²) in [4.78, 5) is 9.30. The van der Waals surface area contributed by atoms with E-state index in [0.717, 1.165) is 20.6 Å². The van der Waals surface area contributed by atoms with Gasteiger partial charge in [0.25, 0.3) is 0 Å². The van der Waals surface area contributed by atoms with Gasteiger partial charge in [-0.1, -0.05) is 44.0 Å². The molecule has 6 heteroatoms. The monoisotopic (exact) mass is 435 g/mol. The number of rotatable bonds is 2. The first-order valence-electron chi connectivity index (χ1n) is 6.44. The molecule has 3 nitrogen and oxygen atoms in total. The summed E-state index contributed by atoms with van der Waals surface area (Å²) in [7, 11) is 1.85. The van der Waals surface area contributed by atoms with Crippen LogP contribution in [0.2, 0.25) is 10.0 Å². The molecule has 0 amide bonds. The van der Waals surface area contributed by atoms with Gasteiger partial charge in [-0.15, -0.1) is 0 Å². The van der Waals surface area contributed by atoms with Gasteiger partial charge < -0.3 is 5.32 Å². The van der Waals surface area contributed by atoms with Crippen molar-refractivity contribution in [2.75, 3.05) is 12.4 Å². The minimum absolute atomic E-state index is 0.0812. The van der Waals surface area contributed by atoms with Crippen molar-refractivity contribution >= 4 is 51.6 Å². The van der Waals surface area contributed by atoms with Crippen LogP contribution >= 0.6 is 45.8 Å².